The topological polar surface area (TPSA) is 63.3 Å². The molecule has 1 aromatic carbocycles. The Morgan fingerprint density at radius 3 is 2.71 bits per heavy atom. The Balaban J connectivity index is 3.13. The molecule has 4 heteroatoms. The number of carbonyl (C=O) groups is 1. The van der Waals surface area contributed by atoms with Crippen LogP contribution in [0.2, 0.25) is 0 Å². The third kappa shape index (κ3) is 2.21. The van der Waals surface area contributed by atoms with Gasteiger partial charge in [-0.05, 0) is 17.7 Å². The van der Waals surface area contributed by atoms with E-state index in [1.54, 1.807) is 12.1 Å². The van der Waals surface area contributed by atoms with Crippen molar-refractivity contribution in [3.8, 4) is 0 Å². The number of benzene rings is 1. The maximum Gasteiger partial charge on any atom is 0.335 e. The first-order valence-electron chi connectivity index (χ1n) is 3.97. The number of aromatic carboxylic acids is 1. The second kappa shape index (κ2) is 4.39. The van der Waals surface area contributed by atoms with Crippen molar-refractivity contribution in [2.24, 2.45) is 5.73 Å². The summed E-state index contributed by atoms with van der Waals surface area (Å²) in [6, 6.07) is 4.44. The molecule has 0 aliphatic rings. The number of halogens is 1. The molecule has 1 rings (SSSR count). The average Bonchev–Trinajstić information content (AvgIpc) is 2.16. The summed E-state index contributed by atoms with van der Waals surface area (Å²) in [5, 5.41) is 8.72. The molecular formula is C10H10BrNO2. The van der Waals surface area contributed by atoms with E-state index < -0.39 is 5.97 Å². The third-order valence-corrected chi connectivity index (χ3v) is 2.55. The smallest absolute Gasteiger partial charge is 0.335 e. The first kappa shape index (κ1) is 10.9. The van der Waals surface area contributed by atoms with Crippen LogP contribution in [-0.4, -0.2) is 11.1 Å². The van der Waals surface area contributed by atoms with Crippen molar-refractivity contribution >= 4 is 21.9 Å². The van der Waals surface area contributed by atoms with E-state index in [9.17, 15) is 4.79 Å². The zero-order valence-electron chi connectivity index (χ0n) is 7.40. The second-order valence-corrected chi connectivity index (χ2v) is 3.66. The van der Waals surface area contributed by atoms with Crippen LogP contribution in [0.15, 0.2) is 35.3 Å². The van der Waals surface area contributed by atoms with Crippen molar-refractivity contribution < 1.29 is 9.90 Å². The van der Waals surface area contributed by atoms with Crippen LogP contribution in [0.4, 0.5) is 0 Å². The SMILES string of the molecule is C=C[C@H](N)c1ccc(C(=O)O)cc1Br. The molecule has 0 bridgehead atoms. The van der Waals surface area contributed by atoms with Gasteiger partial charge < -0.3 is 10.8 Å². The van der Waals surface area contributed by atoms with Crippen molar-refractivity contribution in [1.82, 2.24) is 0 Å². The number of carboxylic acid groups (broad SMARTS) is 1. The van der Waals surface area contributed by atoms with E-state index in [1.807, 2.05) is 0 Å². The molecule has 14 heavy (non-hydrogen) atoms. The quantitative estimate of drug-likeness (QED) is 0.816. The average molecular weight is 256 g/mol. The van der Waals surface area contributed by atoms with Crippen LogP contribution in [0.25, 0.3) is 0 Å². The Labute approximate surface area is 90.4 Å². The van der Waals surface area contributed by atoms with E-state index >= 15 is 0 Å². The van der Waals surface area contributed by atoms with Crippen molar-refractivity contribution in [2.75, 3.05) is 0 Å². The zero-order valence-corrected chi connectivity index (χ0v) is 8.99. The Morgan fingerprint density at radius 1 is 1.64 bits per heavy atom. The van der Waals surface area contributed by atoms with Crippen molar-refractivity contribution in [3.05, 3.63) is 46.5 Å². The van der Waals surface area contributed by atoms with E-state index in [1.165, 1.54) is 12.1 Å². The minimum absolute atomic E-state index is 0.233. The van der Waals surface area contributed by atoms with E-state index in [2.05, 4.69) is 22.5 Å². The van der Waals surface area contributed by atoms with E-state index in [0.29, 0.717) is 4.47 Å². The molecule has 0 radical (unpaired) electrons. The molecule has 1 aromatic rings. The molecule has 0 saturated heterocycles. The van der Waals surface area contributed by atoms with Gasteiger partial charge in [0.1, 0.15) is 0 Å². The monoisotopic (exact) mass is 255 g/mol. The van der Waals surface area contributed by atoms with Gasteiger partial charge in [0.25, 0.3) is 0 Å². The summed E-state index contributed by atoms with van der Waals surface area (Å²) in [7, 11) is 0. The fourth-order valence-electron chi connectivity index (χ4n) is 1.06. The van der Waals surface area contributed by atoms with Crippen molar-refractivity contribution in [2.45, 2.75) is 6.04 Å². The summed E-state index contributed by atoms with van der Waals surface area (Å²) in [5.41, 5.74) is 6.78. The summed E-state index contributed by atoms with van der Waals surface area (Å²) in [6.07, 6.45) is 1.60. The number of nitrogens with two attached hydrogens (primary N) is 1. The minimum Gasteiger partial charge on any atom is -0.478 e. The molecule has 3 N–H and O–H groups in total. The normalized spacial score (nSPS) is 12.1. The Hall–Kier alpha value is -1.13. The molecule has 0 saturated carbocycles. The zero-order chi connectivity index (χ0) is 10.7. The summed E-state index contributed by atoms with van der Waals surface area (Å²) < 4.78 is 0.685. The highest BCUT2D eigenvalue weighted by atomic mass is 79.9. The van der Waals surface area contributed by atoms with Crippen LogP contribution in [0.5, 0.6) is 0 Å². The first-order chi connectivity index (χ1) is 6.56. The lowest BCUT2D eigenvalue weighted by Gasteiger charge is -2.09. The molecule has 1 atom stereocenters. The molecule has 0 aliphatic heterocycles. The van der Waals surface area contributed by atoms with Crippen LogP contribution in [0, 0.1) is 0 Å². The Bertz CT molecular complexity index is 376. The molecule has 74 valence electrons. The van der Waals surface area contributed by atoms with Crippen molar-refractivity contribution in [3.63, 3.8) is 0 Å². The lowest BCUT2D eigenvalue weighted by molar-refractivity contribution is 0.0697. The van der Waals surface area contributed by atoms with Gasteiger partial charge in [-0.15, -0.1) is 6.58 Å². The van der Waals surface area contributed by atoms with Gasteiger partial charge in [0.15, 0.2) is 0 Å². The number of hydrogen-bond acceptors (Lipinski definition) is 2. The third-order valence-electron chi connectivity index (χ3n) is 1.86. The Morgan fingerprint density at radius 2 is 2.29 bits per heavy atom. The summed E-state index contributed by atoms with van der Waals surface area (Å²) in [5.74, 6) is -0.954. The predicted octanol–water partition coefficient (Wildman–Crippen LogP) is 2.33. The van der Waals surface area contributed by atoms with Crippen LogP contribution in [-0.2, 0) is 0 Å². The van der Waals surface area contributed by atoms with Crippen LogP contribution in [0.3, 0.4) is 0 Å². The Kier molecular flexibility index (Phi) is 3.43. The van der Waals surface area contributed by atoms with Gasteiger partial charge >= 0.3 is 5.97 Å². The van der Waals surface area contributed by atoms with Gasteiger partial charge in [0, 0.05) is 10.5 Å². The van der Waals surface area contributed by atoms with Crippen LogP contribution >= 0.6 is 15.9 Å². The van der Waals surface area contributed by atoms with Crippen LogP contribution in [0.1, 0.15) is 22.0 Å². The number of rotatable bonds is 3. The summed E-state index contributed by atoms with van der Waals surface area (Å²) in [4.78, 5) is 10.6. The highest BCUT2D eigenvalue weighted by Crippen LogP contribution is 2.23. The number of hydrogen-bond donors (Lipinski definition) is 2. The largest absolute Gasteiger partial charge is 0.478 e. The number of carboxylic acids is 1. The van der Waals surface area contributed by atoms with Gasteiger partial charge in [-0.1, -0.05) is 28.1 Å². The van der Waals surface area contributed by atoms with Gasteiger partial charge in [-0.2, -0.15) is 0 Å². The summed E-state index contributed by atoms with van der Waals surface area (Å²) in [6.45, 7) is 3.57. The highest BCUT2D eigenvalue weighted by molar-refractivity contribution is 9.10. The summed E-state index contributed by atoms with van der Waals surface area (Å²) >= 11 is 3.27. The lowest BCUT2D eigenvalue weighted by Crippen LogP contribution is -2.08. The molecule has 0 aliphatic carbocycles. The molecule has 0 unspecified atom stereocenters. The highest BCUT2D eigenvalue weighted by Gasteiger charge is 2.09. The van der Waals surface area contributed by atoms with E-state index in [0.717, 1.165) is 5.56 Å². The van der Waals surface area contributed by atoms with Gasteiger partial charge in [-0.3, -0.25) is 0 Å². The second-order valence-electron chi connectivity index (χ2n) is 2.80. The minimum atomic E-state index is -0.954. The van der Waals surface area contributed by atoms with Gasteiger partial charge in [0.05, 0.1) is 5.56 Å². The molecule has 0 heterocycles. The molecule has 3 nitrogen and oxygen atoms in total. The molecule has 0 aromatic heterocycles. The van der Waals surface area contributed by atoms with Gasteiger partial charge in [0.2, 0.25) is 0 Å². The van der Waals surface area contributed by atoms with E-state index in [4.69, 9.17) is 10.8 Å². The fraction of sp³-hybridized carbons (Fsp3) is 0.100. The lowest BCUT2D eigenvalue weighted by atomic mass is 10.1. The first-order valence-corrected chi connectivity index (χ1v) is 4.76. The van der Waals surface area contributed by atoms with E-state index in [-0.39, 0.29) is 11.6 Å². The predicted molar refractivity (Wildman–Crippen MR) is 58.2 cm³/mol. The molecule has 0 spiro atoms. The molecule has 0 amide bonds. The maximum atomic E-state index is 10.6. The molecular weight excluding hydrogens is 246 g/mol. The van der Waals surface area contributed by atoms with Crippen LogP contribution < -0.4 is 5.73 Å². The maximum absolute atomic E-state index is 10.6. The molecule has 0 fully saturated rings. The standard InChI is InChI=1S/C10H10BrNO2/c1-2-9(12)7-4-3-6(10(13)14)5-8(7)11/h2-5,9H,1,12H2,(H,13,14)/t9-/m0/s1. The fourth-order valence-corrected chi connectivity index (χ4v) is 1.70. The van der Waals surface area contributed by atoms with Crippen molar-refractivity contribution in [1.29, 1.82) is 0 Å². The van der Waals surface area contributed by atoms with Gasteiger partial charge in [-0.25, -0.2) is 4.79 Å².